The number of ketones is 1. The molecule has 244 valence electrons. The minimum atomic E-state index is -1.69. The number of aromatic nitrogens is 1. The van der Waals surface area contributed by atoms with Crippen LogP contribution >= 0.6 is 0 Å². The second kappa shape index (κ2) is 19.1. The number of aromatic amines is 1. The van der Waals surface area contributed by atoms with Gasteiger partial charge in [-0.15, -0.1) is 25.7 Å². The number of benzene rings is 2. The number of esters is 1. The first-order chi connectivity index (χ1) is 21.9. The van der Waals surface area contributed by atoms with Gasteiger partial charge in [-0.3, -0.25) is 24.0 Å². The molecule has 1 aliphatic heterocycles. The molecule has 0 unspecified atom stereocenters. The average Bonchev–Trinajstić information content (AvgIpc) is 3.51. The molecule has 1 fully saturated rings. The summed E-state index contributed by atoms with van der Waals surface area (Å²) in [6, 6.07) is 15.1. The van der Waals surface area contributed by atoms with Gasteiger partial charge in [-0.25, -0.2) is 0 Å². The lowest BCUT2D eigenvalue weighted by molar-refractivity contribution is -0.208. The zero-order valence-electron chi connectivity index (χ0n) is 26.4. The third kappa shape index (κ3) is 11.6. The normalized spacial score (nSPS) is 12.8. The topological polar surface area (TPSA) is 158 Å². The third-order valence-electron chi connectivity index (χ3n) is 6.41. The first kappa shape index (κ1) is 38.6. The Kier molecular flexibility index (Phi) is 16.0. The summed E-state index contributed by atoms with van der Waals surface area (Å²) in [6.07, 6.45) is 16.3. The first-order valence-corrected chi connectivity index (χ1v) is 14.0. The number of hydrogen-bond donors (Lipinski definition) is 3. The largest absolute Gasteiger partial charge is 0.469 e. The Labute approximate surface area is 269 Å². The number of terminal acetylenes is 2. The van der Waals surface area contributed by atoms with Crippen molar-refractivity contribution in [2.75, 3.05) is 38.6 Å². The van der Waals surface area contributed by atoms with Crippen molar-refractivity contribution >= 4 is 46.6 Å². The fourth-order valence-corrected chi connectivity index (χ4v) is 4.25. The van der Waals surface area contributed by atoms with Gasteiger partial charge in [0.1, 0.15) is 6.10 Å². The van der Waals surface area contributed by atoms with E-state index in [1.165, 1.54) is 42.5 Å². The number of aryl methyl sites for hydroxylation is 1. The Morgan fingerprint density at radius 1 is 1.00 bits per heavy atom. The van der Waals surface area contributed by atoms with E-state index < -0.39 is 41.9 Å². The fourth-order valence-electron chi connectivity index (χ4n) is 4.25. The van der Waals surface area contributed by atoms with Gasteiger partial charge in [0.05, 0.1) is 30.3 Å². The summed E-state index contributed by atoms with van der Waals surface area (Å²) in [4.78, 5) is 67.0. The van der Waals surface area contributed by atoms with Gasteiger partial charge in [-0.1, -0.05) is 48.0 Å². The van der Waals surface area contributed by atoms with Crippen molar-refractivity contribution in [3.05, 3.63) is 65.9 Å². The number of para-hydroxylation sites is 1. The van der Waals surface area contributed by atoms with E-state index in [-0.39, 0.29) is 24.3 Å². The van der Waals surface area contributed by atoms with E-state index in [9.17, 15) is 29.1 Å². The number of rotatable bonds is 9. The second-order valence-corrected chi connectivity index (χ2v) is 10.2. The van der Waals surface area contributed by atoms with E-state index in [0.717, 1.165) is 0 Å². The minimum absolute atomic E-state index is 0.137. The van der Waals surface area contributed by atoms with Crippen LogP contribution in [0.3, 0.4) is 0 Å². The standard InChI is InChI=1S/C23H28N4O8.C7H8.2C2H2/c1-23(2,33)35-17(11-18(29)34-3)21(31)25-16-6-4-5-14-15(12-24-19(14)16)20(30)22(32)27-9-7-26(13-28)8-10-27;1-7-5-3-2-4-6-7;2*1-2/h4-6,12-13,17,24,33H,7-11H2,1-3H3,(H,25,31);2-6H,1H3;2*1-2H/t17-;;;/m1.../s1. The summed E-state index contributed by atoms with van der Waals surface area (Å²) >= 11 is 0. The Morgan fingerprint density at radius 2 is 1.61 bits per heavy atom. The number of nitrogens with one attached hydrogen (secondary N) is 2. The summed E-state index contributed by atoms with van der Waals surface area (Å²) in [5, 5.41) is 13.0. The van der Waals surface area contributed by atoms with E-state index in [0.29, 0.717) is 30.4 Å². The Bertz CT molecular complexity index is 1490. The molecule has 0 spiro atoms. The summed E-state index contributed by atoms with van der Waals surface area (Å²) in [5.74, 6) is -4.49. The highest BCUT2D eigenvalue weighted by Gasteiger charge is 2.31. The number of carbonyl (C=O) groups is 5. The first-order valence-electron chi connectivity index (χ1n) is 14.0. The molecule has 12 nitrogen and oxygen atoms in total. The monoisotopic (exact) mass is 632 g/mol. The van der Waals surface area contributed by atoms with E-state index in [1.54, 1.807) is 18.2 Å². The zero-order valence-corrected chi connectivity index (χ0v) is 26.4. The van der Waals surface area contributed by atoms with Crippen LogP contribution in [0.15, 0.2) is 54.7 Å². The smallest absolute Gasteiger partial charge is 0.308 e. The molecule has 0 saturated carbocycles. The van der Waals surface area contributed by atoms with Gasteiger partial charge in [0.2, 0.25) is 6.41 Å². The molecule has 0 aliphatic carbocycles. The van der Waals surface area contributed by atoms with Crippen molar-refractivity contribution in [1.29, 1.82) is 0 Å². The third-order valence-corrected chi connectivity index (χ3v) is 6.41. The number of nitrogens with zero attached hydrogens (tertiary/aromatic N) is 2. The van der Waals surface area contributed by atoms with Gasteiger partial charge in [-0.2, -0.15) is 0 Å². The highest BCUT2D eigenvalue weighted by atomic mass is 16.6. The predicted octanol–water partition coefficient (Wildman–Crippen LogP) is 2.76. The maximum absolute atomic E-state index is 12.9. The average molecular weight is 633 g/mol. The number of methoxy groups -OCH3 is 1. The molecule has 1 aliphatic rings. The van der Waals surface area contributed by atoms with Crippen molar-refractivity contribution in [3.8, 4) is 25.7 Å². The number of Topliss-reactive ketones (excluding diaryl/α,β-unsaturated/α-hetero) is 1. The van der Waals surface area contributed by atoms with Gasteiger partial charge >= 0.3 is 5.97 Å². The number of piperazine rings is 1. The summed E-state index contributed by atoms with van der Waals surface area (Å²) in [7, 11) is 1.17. The van der Waals surface area contributed by atoms with Gasteiger partial charge < -0.3 is 34.7 Å². The van der Waals surface area contributed by atoms with Gasteiger partial charge in [0.25, 0.3) is 17.6 Å². The highest BCUT2D eigenvalue weighted by molar-refractivity contribution is 6.45. The molecule has 2 heterocycles. The van der Waals surface area contributed by atoms with Gasteiger partial charge in [0, 0.05) is 37.8 Å². The number of carbonyl (C=O) groups excluding carboxylic acids is 5. The maximum atomic E-state index is 12.9. The number of anilines is 1. The van der Waals surface area contributed by atoms with Crippen LogP contribution in [0.4, 0.5) is 5.69 Å². The molecule has 4 rings (SSSR count). The molecule has 1 atom stereocenters. The van der Waals surface area contributed by atoms with Crippen molar-refractivity contribution in [2.45, 2.75) is 39.1 Å². The van der Waals surface area contributed by atoms with E-state index in [2.05, 4.69) is 59.8 Å². The van der Waals surface area contributed by atoms with Crippen LogP contribution in [-0.2, 0) is 28.7 Å². The molecule has 2 aromatic carbocycles. The Morgan fingerprint density at radius 3 is 2.11 bits per heavy atom. The molecule has 3 aromatic rings. The number of hydrogen-bond acceptors (Lipinski definition) is 8. The molecule has 1 saturated heterocycles. The lowest BCUT2D eigenvalue weighted by Crippen LogP contribution is -2.50. The van der Waals surface area contributed by atoms with Gasteiger partial charge in [0.15, 0.2) is 5.79 Å². The van der Waals surface area contributed by atoms with Crippen molar-refractivity contribution in [1.82, 2.24) is 14.8 Å². The van der Waals surface area contributed by atoms with E-state index >= 15 is 0 Å². The maximum Gasteiger partial charge on any atom is 0.308 e. The van der Waals surface area contributed by atoms with Crippen LogP contribution < -0.4 is 5.32 Å². The van der Waals surface area contributed by atoms with Crippen molar-refractivity contribution in [2.24, 2.45) is 0 Å². The van der Waals surface area contributed by atoms with Crippen LogP contribution in [0, 0.1) is 32.6 Å². The van der Waals surface area contributed by atoms with E-state index in [1.807, 2.05) is 18.2 Å². The fraction of sp³-hybridized carbons (Fsp3) is 0.324. The molecule has 3 N–H and O–H groups in total. The molecule has 1 aromatic heterocycles. The minimum Gasteiger partial charge on any atom is -0.469 e. The summed E-state index contributed by atoms with van der Waals surface area (Å²) in [5.41, 5.74) is 2.14. The highest BCUT2D eigenvalue weighted by Crippen LogP contribution is 2.27. The van der Waals surface area contributed by atoms with Crippen LogP contribution in [0.2, 0.25) is 0 Å². The Balaban J connectivity index is 0.000000825. The molecular weight excluding hydrogens is 592 g/mol. The van der Waals surface area contributed by atoms with Crippen molar-refractivity contribution in [3.63, 3.8) is 0 Å². The van der Waals surface area contributed by atoms with Crippen LogP contribution in [0.1, 0.15) is 36.2 Å². The zero-order chi connectivity index (χ0) is 34.9. The van der Waals surface area contributed by atoms with E-state index in [4.69, 9.17) is 4.74 Å². The van der Waals surface area contributed by atoms with Crippen LogP contribution in [-0.4, -0.2) is 95.0 Å². The molecule has 12 heteroatoms. The van der Waals surface area contributed by atoms with Gasteiger partial charge in [-0.05, 0) is 26.8 Å². The quantitative estimate of drug-likeness (QED) is 0.0812. The predicted molar refractivity (Wildman–Crippen MR) is 174 cm³/mol. The molecule has 0 bridgehead atoms. The lowest BCUT2D eigenvalue weighted by atomic mass is 10.1. The Hall–Kier alpha value is -5.43. The summed E-state index contributed by atoms with van der Waals surface area (Å²) in [6.45, 7) is 5.96. The van der Waals surface area contributed by atoms with Crippen LogP contribution in [0.25, 0.3) is 10.9 Å². The molecular formula is C34H40N4O8. The molecule has 3 amide bonds. The number of amides is 3. The molecule has 46 heavy (non-hydrogen) atoms. The lowest BCUT2D eigenvalue weighted by Gasteiger charge is -2.32. The number of ether oxygens (including phenoxy) is 2. The number of fused-ring (bicyclic) bond motifs is 1. The summed E-state index contributed by atoms with van der Waals surface area (Å²) < 4.78 is 9.92. The molecule has 0 radical (unpaired) electrons. The SMILES string of the molecule is C#C.C#C.COC(=O)C[C@@H](OC(C)(C)O)C(=O)Nc1cccc2c(C(=O)C(=O)N3CCN(C=O)CC3)c[nH]c12.Cc1ccccc1. The van der Waals surface area contributed by atoms with Crippen molar-refractivity contribution < 1.29 is 38.6 Å². The second-order valence-electron chi connectivity index (χ2n) is 10.2. The number of H-pyrrole nitrogens is 1. The van der Waals surface area contributed by atoms with Crippen LogP contribution in [0.5, 0.6) is 0 Å². The number of aliphatic hydroxyl groups is 1.